The summed E-state index contributed by atoms with van der Waals surface area (Å²) in [7, 11) is 0. The molecule has 0 aliphatic carbocycles. The van der Waals surface area contributed by atoms with Gasteiger partial charge in [-0.2, -0.15) is 0 Å². The Kier molecular flexibility index (Phi) is 9.85. The lowest BCUT2D eigenvalue weighted by molar-refractivity contribution is -0.139. The number of amides is 2. The molecule has 2 aromatic rings. The highest BCUT2D eigenvalue weighted by Crippen LogP contribution is 2.28. The fourth-order valence-corrected chi connectivity index (χ4v) is 4.63. The molecule has 0 aromatic heterocycles. The van der Waals surface area contributed by atoms with Gasteiger partial charge >= 0.3 is 0 Å². The predicted octanol–water partition coefficient (Wildman–Crippen LogP) is 5.17. The molecule has 0 heterocycles. The first-order valence-corrected chi connectivity index (χ1v) is 11.5. The molecule has 7 heteroatoms. The van der Waals surface area contributed by atoms with Crippen LogP contribution >= 0.6 is 35.0 Å². The van der Waals surface area contributed by atoms with Crippen LogP contribution in [0.15, 0.2) is 48.5 Å². The van der Waals surface area contributed by atoms with Crippen molar-refractivity contribution in [3.63, 3.8) is 0 Å². The van der Waals surface area contributed by atoms with Gasteiger partial charge in [-0.15, -0.1) is 11.8 Å². The number of hydrogen-bond donors (Lipinski definition) is 1. The van der Waals surface area contributed by atoms with Crippen LogP contribution in [0.3, 0.4) is 0 Å². The molecule has 0 saturated carbocycles. The minimum absolute atomic E-state index is 0.0832. The Morgan fingerprint density at radius 1 is 1.03 bits per heavy atom. The summed E-state index contributed by atoms with van der Waals surface area (Å²) in [5.41, 5.74) is 1.81. The highest BCUT2D eigenvalue weighted by Gasteiger charge is 2.28. The molecule has 156 valence electrons. The first-order valence-electron chi connectivity index (χ1n) is 9.59. The molecule has 2 amide bonds. The van der Waals surface area contributed by atoms with Crippen molar-refractivity contribution in [2.45, 2.75) is 38.6 Å². The summed E-state index contributed by atoms with van der Waals surface area (Å²) in [6.45, 7) is 4.71. The third-order valence-electron chi connectivity index (χ3n) is 4.47. The second-order valence-corrected chi connectivity index (χ2v) is 8.32. The topological polar surface area (TPSA) is 49.4 Å². The van der Waals surface area contributed by atoms with E-state index >= 15 is 0 Å². The monoisotopic (exact) mass is 452 g/mol. The smallest absolute Gasteiger partial charge is 0.242 e. The Morgan fingerprint density at radius 3 is 2.28 bits per heavy atom. The maximum Gasteiger partial charge on any atom is 0.242 e. The number of halogens is 2. The molecule has 0 bridgehead atoms. The zero-order chi connectivity index (χ0) is 21.2. The van der Waals surface area contributed by atoms with E-state index in [0.29, 0.717) is 35.3 Å². The summed E-state index contributed by atoms with van der Waals surface area (Å²) in [6.07, 6.45) is 0.547. The number of hydrogen-bond acceptors (Lipinski definition) is 3. The van der Waals surface area contributed by atoms with Gasteiger partial charge < -0.3 is 10.2 Å². The SMILES string of the molecule is CCNC(=O)[C@@H](CC)N(Cc1ccccc1)C(=O)CSCc1c(Cl)cccc1Cl. The summed E-state index contributed by atoms with van der Waals surface area (Å²) in [5.74, 6) is 0.560. The van der Waals surface area contributed by atoms with Gasteiger partial charge in [-0.1, -0.05) is 66.5 Å². The van der Waals surface area contributed by atoms with Crippen molar-refractivity contribution in [1.29, 1.82) is 0 Å². The molecule has 1 N–H and O–H groups in total. The lowest BCUT2D eigenvalue weighted by Crippen LogP contribution is -2.49. The zero-order valence-electron chi connectivity index (χ0n) is 16.7. The number of rotatable bonds is 10. The van der Waals surface area contributed by atoms with Crippen LogP contribution in [0.4, 0.5) is 0 Å². The molecular weight excluding hydrogens is 427 g/mol. The van der Waals surface area contributed by atoms with Crippen molar-refractivity contribution in [1.82, 2.24) is 10.2 Å². The summed E-state index contributed by atoms with van der Waals surface area (Å²) >= 11 is 13.9. The summed E-state index contributed by atoms with van der Waals surface area (Å²) < 4.78 is 0. The molecule has 4 nitrogen and oxygen atoms in total. The molecule has 1 atom stereocenters. The molecule has 0 aliphatic heterocycles. The summed E-state index contributed by atoms with van der Waals surface area (Å²) in [4.78, 5) is 27.3. The standard InChI is InChI=1S/C22H26Cl2N2O2S/c1-3-20(22(28)25-4-2)26(13-16-9-6-5-7-10-16)21(27)15-29-14-17-18(23)11-8-12-19(17)24/h5-12,20H,3-4,13-15H2,1-2H3,(H,25,28)/t20-/m1/s1. The van der Waals surface area contributed by atoms with Gasteiger partial charge in [0, 0.05) is 28.9 Å². The molecule has 0 saturated heterocycles. The van der Waals surface area contributed by atoms with E-state index in [0.717, 1.165) is 11.1 Å². The molecule has 0 radical (unpaired) electrons. The maximum absolute atomic E-state index is 13.1. The van der Waals surface area contributed by atoms with E-state index < -0.39 is 6.04 Å². The van der Waals surface area contributed by atoms with Gasteiger partial charge in [-0.3, -0.25) is 9.59 Å². The van der Waals surface area contributed by atoms with Crippen LogP contribution in [0.5, 0.6) is 0 Å². The minimum Gasteiger partial charge on any atom is -0.355 e. The van der Waals surface area contributed by atoms with Gasteiger partial charge in [0.15, 0.2) is 0 Å². The third kappa shape index (κ3) is 6.95. The Labute approximate surface area is 187 Å². The normalized spacial score (nSPS) is 11.7. The molecule has 0 unspecified atom stereocenters. The van der Waals surface area contributed by atoms with Gasteiger partial charge in [0.25, 0.3) is 0 Å². The van der Waals surface area contributed by atoms with E-state index in [1.165, 1.54) is 11.8 Å². The van der Waals surface area contributed by atoms with Crippen molar-refractivity contribution in [3.05, 3.63) is 69.7 Å². The van der Waals surface area contributed by atoms with Crippen LogP contribution in [-0.2, 0) is 21.9 Å². The average molecular weight is 453 g/mol. The van der Waals surface area contributed by atoms with Crippen LogP contribution in [0.25, 0.3) is 0 Å². The third-order valence-corrected chi connectivity index (χ3v) is 6.12. The van der Waals surface area contributed by atoms with Gasteiger partial charge in [-0.05, 0) is 36.6 Å². The van der Waals surface area contributed by atoms with E-state index in [1.807, 2.05) is 44.2 Å². The Bertz CT molecular complexity index is 797. The van der Waals surface area contributed by atoms with Crippen LogP contribution in [0.1, 0.15) is 31.4 Å². The molecule has 2 rings (SSSR count). The molecule has 0 fully saturated rings. The molecule has 29 heavy (non-hydrogen) atoms. The number of nitrogens with one attached hydrogen (secondary N) is 1. The molecular formula is C22H26Cl2N2O2S. The lowest BCUT2D eigenvalue weighted by Gasteiger charge is -2.30. The highest BCUT2D eigenvalue weighted by atomic mass is 35.5. The van der Waals surface area contributed by atoms with E-state index in [1.54, 1.807) is 23.1 Å². The fraction of sp³-hybridized carbons (Fsp3) is 0.364. The van der Waals surface area contributed by atoms with E-state index in [2.05, 4.69) is 5.32 Å². The molecule has 2 aromatic carbocycles. The van der Waals surface area contributed by atoms with Crippen LogP contribution in [0, 0.1) is 0 Å². The fourth-order valence-electron chi connectivity index (χ4n) is 2.99. The number of nitrogens with zero attached hydrogens (tertiary/aromatic N) is 1. The van der Waals surface area contributed by atoms with Crippen molar-refractivity contribution in [3.8, 4) is 0 Å². The largest absolute Gasteiger partial charge is 0.355 e. The van der Waals surface area contributed by atoms with Crippen molar-refractivity contribution < 1.29 is 9.59 Å². The second kappa shape index (κ2) is 12.1. The second-order valence-electron chi connectivity index (χ2n) is 6.52. The Balaban J connectivity index is 2.11. The van der Waals surface area contributed by atoms with Gasteiger partial charge in [0.2, 0.25) is 11.8 Å². The van der Waals surface area contributed by atoms with E-state index in [4.69, 9.17) is 23.2 Å². The van der Waals surface area contributed by atoms with Gasteiger partial charge in [-0.25, -0.2) is 0 Å². The minimum atomic E-state index is -0.507. The quantitative estimate of drug-likeness (QED) is 0.540. The average Bonchev–Trinajstić information content (AvgIpc) is 2.71. The maximum atomic E-state index is 13.1. The van der Waals surface area contributed by atoms with Gasteiger partial charge in [0.1, 0.15) is 6.04 Å². The number of benzene rings is 2. The Hall–Kier alpha value is -1.69. The predicted molar refractivity (Wildman–Crippen MR) is 122 cm³/mol. The molecule has 0 aliphatic rings. The highest BCUT2D eigenvalue weighted by molar-refractivity contribution is 7.99. The van der Waals surface area contributed by atoms with Crippen LogP contribution < -0.4 is 5.32 Å². The zero-order valence-corrected chi connectivity index (χ0v) is 19.0. The number of carbonyl (C=O) groups excluding carboxylic acids is 2. The van der Waals surface area contributed by atoms with Crippen molar-refractivity contribution in [2.24, 2.45) is 0 Å². The molecule has 0 spiro atoms. The number of thioether (sulfide) groups is 1. The first kappa shape index (κ1) is 23.6. The lowest BCUT2D eigenvalue weighted by atomic mass is 10.1. The summed E-state index contributed by atoms with van der Waals surface area (Å²) in [5, 5.41) is 4.02. The van der Waals surface area contributed by atoms with E-state index in [-0.39, 0.29) is 17.6 Å². The van der Waals surface area contributed by atoms with Crippen LogP contribution in [0.2, 0.25) is 10.0 Å². The first-order chi connectivity index (χ1) is 14.0. The van der Waals surface area contributed by atoms with Crippen molar-refractivity contribution >= 4 is 46.8 Å². The van der Waals surface area contributed by atoms with Crippen LogP contribution in [-0.4, -0.2) is 35.1 Å². The van der Waals surface area contributed by atoms with E-state index in [9.17, 15) is 9.59 Å². The number of carbonyl (C=O) groups is 2. The van der Waals surface area contributed by atoms with Gasteiger partial charge in [0.05, 0.1) is 5.75 Å². The summed E-state index contributed by atoms with van der Waals surface area (Å²) in [6, 6.07) is 14.6. The van der Waals surface area contributed by atoms with Crippen molar-refractivity contribution in [2.75, 3.05) is 12.3 Å². The Morgan fingerprint density at radius 2 is 1.69 bits per heavy atom. The number of likely N-dealkylation sites (N-methyl/N-ethyl adjacent to an activating group) is 1.